The van der Waals surface area contributed by atoms with E-state index < -0.39 is 22.5 Å². The molecule has 196 valence electrons. The Balaban J connectivity index is 1.58. The van der Waals surface area contributed by atoms with E-state index in [1.807, 2.05) is 19.1 Å². The number of furan rings is 1. The Labute approximate surface area is 226 Å². The monoisotopic (exact) mass is 539 g/mol. The molecule has 0 atom stereocenters. The summed E-state index contributed by atoms with van der Waals surface area (Å²) in [4.78, 5) is 16.8. The number of rotatable bonds is 8. The molecule has 2 aromatic heterocycles. The normalized spacial score (nSPS) is 11.4. The van der Waals surface area contributed by atoms with E-state index in [1.165, 1.54) is 12.3 Å². The highest BCUT2D eigenvalue weighted by molar-refractivity contribution is 7.93. The molecule has 0 saturated heterocycles. The summed E-state index contributed by atoms with van der Waals surface area (Å²) in [7, 11) is -4.22. The number of aryl methyl sites for hydroxylation is 1. The van der Waals surface area contributed by atoms with E-state index in [0.29, 0.717) is 28.5 Å². The zero-order chi connectivity index (χ0) is 27.6. The lowest BCUT2D eigenvalue weighted by Gasteiger charge is -2.24. The second-order valence-corrected chi connectivity index (χ2v) is 10.8. The quantitative estimate of drug-likeness (QED) is 0.239. The number of nitrogens with zero attached hydrogens (tertiary/aromatic N) is 3. The lowest BCUT2D eigenvalue weighted by atomic mass is 10.0. The van der Waals surface area contributed by atoms with Gasteiger partial charge in [0.2, 0.25) is 0 Å². The van der Waals surface area contributed by atoms with Gasteiger partial charge in [0.15, 0.2) is 0 Å². The number of benzene rings is 3. The third kappa shape index (κ3) is 5.07. The van der Waals surface area contributed by atoms with E-state index in [0.717, 1.165) is 26.6 Å². The third-order valence-corrected chi connectivity index (χ3v) is 8.30. The number of pyridine rings is 1. The van der Waals surface area contributed by atoms with Crippen LogP contribution in [0.15, 0.2) is 88.3 Å². The van der Waals surface area contributed by atoms with Gasteiger partial charge in [0.25, 0.3) is 10.0 Å². The molecule has 0 aliphatic heterocycles. The number of hydrogen-bond acceptors (Lipinski definition) is 7. The van der Waals surface area contributed by atoms with Gasteiger partial charge in [-0.3, -0.25) is 14.1 Å². The van der Waals surface area contributed by atoms with Crippen LogP contribution in [0.4, 0.5) is 5.69 Å². The first-order valence-corrected chi connectivity index (χ1v) is 13.8. The number of esters is 1. The molecule has 0 aliphatic carbocycles. The van der Waals surface area contributed by atoms with Crippen molar-refractivity contribution in [2.24, 2.45) is 0 Å². The highest BCUT2D eigenvalue weighted by atomic mass is 32.2. The summed E-state index contributed by atoms with van der Waals surface area (Å²) in [6.07, 6.45) is 2.04. The first-order chi connectivity index (χ1) is 18.8. The van der Waals surface area contributed by atoms with Gasteiger partial charge in [0, 0.05) is 29.5 Å². The molecule has 0 amide bonds. The van der Waals surface area contributed by atoms with Gasteiger partial charge in [-0.25, -0.2) is 8.42 Å². The summed E-state index contributed by atoms with van der Waals surface area (Å²) < 4.78 is 40.3. The van der Waals surface area contributed by atoms with E-state index in [-0.39, 0.29) is 17.2 Å². The van der Waals surface area contributed by atoms with Crippen LogP contribution in [0.1, 0.15) is 29.4 Å². The Morgan fingerprint density at radius 3 is 2.59 bits per heavy atom. The summed E-state index contributed by atoms with van der Waals surface area (Å²) in [5.41, 5.74) is 3.56. The fourth-order valence-electron chi connectivity index (χ4n) is 4.51. The van der Waals surface area contributed by atoms with E-state index in [1.54, 1.807) is 61.5 Å². The van der Waals surface area contributed by atoms with Crippen molar-refractivity contribution in [1.82, 2.24) is 4.98 Å². The van der Waals surface area contributed by atoms with Crippen LogP contribution in [-0.2, 0) is 26.0 Å². The molecule has 0 aliphatic rings. The fraction of sp³-hybridized carbons (Fsp3) is 0.167. The van der Waals surface area contributed by atoms with Crippen molar-refractivity contribution < 1.29 is 22.4 Å². The maximum atomic E-state index is 14.0. The number of fused-ring (bicyclic) bond motifs is 2. The van der Waals surface area contributed by atoms with Gasteiger partial charge in [-0.05, 0) is 61.4 Å². The minimum Gasteiger partial charge on any atom is -0.465 e. The van der Waals surface area contributed by atoms with Crippen molar-refractivity contribution in [2.45, 2.75) is 25.2 Å². The molecule has 39 heavy (non-hydrogen) atoms. The molecule has 0 bridgehead atoms. The minimum atomic E-state index is -4.22. The van der Waals surface area contributed by atoms with Crippen LogP contribution in [-0.4, -0.2) is 32.5 Å². The zero-order valence-electron chi connectivity index (χ0n) is 21.4. The number of anilines is 1. The van der Waals surface area contributed by atoms with Gasteiger partial charge in [0.05, 0.1) is 29.4 Å². The summed E-state index contributed by atoms with van der Waals surface area (Å²) in [6, 6.07) is 22.9. The van der Waals surface area contributed by atoms with E-state index >= 15 is 0 Å². The molecule has 5 aromatic rings. The predicted octanol–water partition coefficient (Wildman–Crippen LogP) is 5.51. The minimum absolute atomic E-state index is 0.0119. The Hall–Kier alpha value is -4.68. The topological polar surface area (TPSA) is 113 Å². The van der Waals surface area contributed by atoms with Gasteiger partial charge in [-0.15, -0.1) is 0 Å². The lowest BCUT2D eigenvalue weighted by molar-refractivity contribution is -0.141. The third-order valence-electron chi connectivity index (χ3n) is 6.50. The first-order valence-electron chi connectivity index (χ1n) is 12.3. The molecule has 9 heteroatoms. The standard InChI is InChI=1S/C30H25N3O5S/c1-3-37-29(34)19-33(39(35,36)28-8-4-6-23-7-5-15-32-30(23)28)24-13-14-25-20(2)26(38-27(25)17-24)16-21-9-11-22(18-31)12-10-21/h4-15,17H,3,16,19H2,1-2H3. The van der Waals surface area contributed by atoms with E-state index in [2.05, 4.69) is 11.1 Å². The SMILES string of the molecule is CCOC(=O)CN(c1ccc2c(C)c(Cc3ccc(C#N)cc3)oc2c1)S(=O)(=O)c1cccc2cccnc12. The number of carbonyl (C=O) groups excluding carboxylic acids is 1. The number of para-hydroxylation sites is 1. The fourth-order valence-corrected chi connectivity index (χ4v) is 6.08. The van der Waals surface area contributed by atoms with Gasteiger partial charge in [-0.2, -0.15) is 5.26 Å². The molecule has 0 spiro atoms. The average molecular weight is 540 g/mol. The lowest BCUT2D eigenvalue weighted by Crippen LogP contribution is -2.36. The van der Waals surface area contributed by atoms with Gasteiger partial charge in [-0.1, -0.05) is 30.3 Å². The van der Waals surface area contributed by atoms with Crippen LogP contribution in [0, 0.1) is 18.3 Å². The smallest absolute Gasteiger partial charge is 0.326 e. The molecular weight excluding hydrogens is 514 g/mol. The molecule has 0 unspecified atom stereocenters. The van der Waals surface area contributed by atoms with Gasteiger partial charge in [0.1, 0.15) is 22.8 Å². The van der Waals surface area contributed by atoms with Gasteiger partial charge < -0.3 is 9.15 Å². The maximum absolute atomic E-state index is 14.0. The van der Waals surface area contributed by atoms with Crippen molar-refractivity contribution in [3.05, 3.63) is 101 Å². The van der Waals surface area contributed by atoms with Crippen LogP contribution >= 0.6 is 0 Å². The van der Waals surface area contributed by atoms with Crippen LogP contribution in [0.2, 0.25) is 0 Å². The Morgan fingerprint density at radius 1 is 1.08 bits per heavy atom. The van der Waals surface area contributed by atoms with Crippen LogP contribution in [0.5, 0.6) is 0 Å². The molecule has 0 radical (unpaired) electrons. The number of aromatic nitrogens is 1. The van der Waals surface area contributed by atoms with Gasteiger partial charge >= 0.3 is 5.97 Å². The molecular formula is C30H25N3O5S. The predicted molar refractivity (Wildman–Crippen MR) is 148 cm³/mol. The second-order valence-electron chi connectivity index (χ2n) is 8.96. The van der Waals surface area contributed by atoms with E-state index in [9.17, 15) is 13.2 Å². The average Bonchev–Trinajstić information content (AvgIpc) is 3.25. The van der Waals surface area contributed by atoms with Crippen LogP contribution < -0.4 is 4.31 Å². The van der Waals surface area contributed by atoms with Crippen LogP contribution in [0.3, 0.4) is 0 Å². The Morgan fingerprint density at radius 2 is 1.85 bits per heavy atom. The van der Waals surface area contributed by atoms with Crippen LogP contribution in [0.25, 0.3) is 21.9 Å². The molecule has 5 rings (SSSR count). The second kappa shape index (κ2) is 10.6. The number of carbonyl (C=O) groups is 1. The summed E-state index contributed by atoms with van der Waals surface area (Å²) in [5.74, 6) is 0.0522. The summed E-state index contributed by atoms with van der Waals surface area (Å²) in [6.45, 7) is 3.22. The maximum Gasteiger partial charge on any atom is 0.326 e. The number of nitriles is 1. The highest BCUT2D eigenvalue weighted by Gasteiger charge is 2.30. The number of sulfonamides is 1. The van der Waals surface area contributed by atoms with Crippen molar-refractivity contribution in [3.63, 3.8) is 0 Å². The zero-order valence-corrected chi connectivity index (χ0v) is 22.2. The largest absolute Gasteiger partial charge is 0.465 e. The first kappa shape index (κ1) is 25.9. The molecule has 2 heterocycles. The Kier molecular flexibility index (Phi) is 7.05. The van der Waals surface area contributed by atoms with Crippen molar-refractivity contribution >= 4 is 43.6 Å². The molecule has 3 aromatic carbocycles. The Bertz CT molecular complexity index is 1830. The number of ether oxygens (including phenoxy) is 1. The summed E-state index contributed by atoms with van der Waals surface area (Å²) in [5, 5.41) is 10.5. The van der Waals surface area contributed by atoms with Crippen molar-refractivity contribution in [2.75, 3.05) is 17.5 Å². The molecule has 0 fully saturated rings. The highest BCUT2D eigenvalue weighted by Crippen LogP contribution is 2.33. The molecule has 0 saturated carbocycles. The van der Waals surface area contributed by atoms with Crippen molar-refractivity contribution in [1.29, 1.82) is 5.26 Å². The molecule has 0 N–H and O–H groups in total. The summed E-state index contributed by atoms with van der Waals surface area (Å²) >= 11 is 0. The molecule has 8 nitrogen and oxygen atoms in total. The van der Waals surface area contributed by atoms with Crippen molar-refractivity contribution in [3.8, 4) is 6.07 Å². The van der Waals surface area contributed by atoms with E-state index in [4.69, 9.17) is 14.4 Å². The number of hydrogen-bond donors (Lipinski definition) is 0.